The van der Waals surface area contributed by atoms with Crippen molar-refractivity contribution in [1.82, 2.24) is 0 Å². The molecule has 2 aromatic rings. The molecule has 1 aromatic carbocycles. The van der Waals surface area contributed by atoms with Crippen LogP contribution in [0, 0.1) is 13.8 Å². The van der Waals surface area contributed by atoms with Gasteiger partial charge in [-0.25, -0.2) is 0 Å². The molecular formula is C14H17NOS. The highest BCUT2D eigenvalue weighted by atomic mass is 32.1. The highest BCUT2D eigenvalue weighted by Gasteiger charge is 2.13. The molecule has 2 nitrogen and oxygen atoms in total. The molecule has 0 aliphatic heterocycles. The first-order valence-electron chi connectivity index (χ1n) is 5.68. The predicted molar refractivity (Wildman–Crippen MR) is 72.7 cm³/mol. The van der Waals surface area contributed by atoms with E-state index in [0.717, 1.165) is 11.3 Å². The fraction of sp³-hybridized carbons (Fsp3) is 0.286. The molecule has 2 N–H and O–H groups in total. The summed E-state index contributed by atoms with van der Waals surface area (Å²) in [5.41, 5.74) is 8.17. The molecule has 0 spiro atoms. The second-order valence-corrected chi connectivity index (χ2v) is 5.11. The Balaban J connectivity index is 2.19. The summed E-state index contributed by atoms with van der Waals surface area (Å²) in [6.45, 7) is 4.63. The quantitative estimate of drug-likeness (QED) is 0.898. The topological polar surface area (TPSA) is 35.2 Å². The van der Waals surface area contributed by atoms with Crippen LogP contribution in [0.3, 0.4) is 0 Å². The first-order chi connectivity index (χ1) is 8.20. The number of ether oxygens (including phenoxy) is 1. The van der Waals surface area contributed by atoms with Crippen molar-refractivity contribution in [1.29, 1.82) is 0 Å². The van der Waals surface area contributed by atoms with Gasteiger partial charge in [0.05, 0.1) is 0 Å². The van der Waals surface area contributed by atoms with E-state index in [0.29, 0.717) is 6.54 Å². The minimum Gasteiger partial charge on any atom is -0.483 e. The fourth-order valence-electron chi connectivity index (χ4n) is 1.78. The predicted octanol–water partition coefficient (Wildman–Crippen LogP) is 3.44. The van der Waals surface area contributed by atoms with Gasteiger partial charge in [-0.2, -0.15) is 0 Å². The van der Waals surface area contributed by atoms with E-state index < -0.39 is 0 Å². The molecule has 0 bridgehead atoms. The lowest BCUT2D eigenvalue weighted by Crippen LogP contribution is -2.17. The molecule has 1 aromatic heterocycles. The summed E-state index contributed by atoms with van der Waals surface area (Å²) >= 11 is 1.68. The van der Waals surface area contributed by atoms with Crippen LogP contribution in [-0.4, -0.2) is 6.54 Å². The Hall–Kier alpha value is -1.32. The minimum atomic E-state index is -0.0450. The average Bonchev–Trinajstić information content (AvgIpc) is 2.81. The van der Waals surface area contributed by atoms with Crippen LogP contribution in [0.1, 0.15) is 22.1 Å². The van der Waals surface area contributed by atoms with Crippen LogP contribution in [0.25, 0.3) is 0 Å². The van der Waals surface area contributed by atoms with Gasteiger partial charge in [0, 0.05) is 11.4 Å². The van der Waals surface area contributed by atoms with E-state index in [9.17, 15) is 0 Å². The first kappa shape index (κ1) is 12.1. The van der Waals surface area contributed by atoms with Gasteiger partial charge in [-0.3, -0.25) is 0 Å². The molecule has 1 unspecified atom stereocenters. The van der Waals surface area contributed by atoms with E-state index in [1.54, 1.807) is 11.3 Å². The van der Waals surface area contributed by atoms with E-state index in [1.165, 1.54) is 10.4 Å². The van der Waals surface area contributed by atoms with Gasteiger partial charge in [0.25, 0.3) is 0 Å². The maximum atomic E-state index is 5.98. The summed E-state index contributed by atoms with van der Waals surface area (Å²) in [7, 11) is 0. The van der Waals surface area contributed by atoms with Gasteiger partial charge >= 0.3 is 0 Å². The lowest BCUT2D eigenvalue weighted by molar-refractivity contribution is 0.216. The van der Waals surface area contributed by atoms with Crippen LogP contribution in [0.5, 0.6) is 5.75 Å². The summed E-state index contributed by atoms with van der Waals surface area (Å²) in [5.74, 6) is 0.916. The Morgan fingerprint density at radius 1 is 1.29 bits per heavy atom. The summed E-state index contributed by atoms with van der Waals surface area (Å²) in [6, 6.07) is 10.3. The van der Waals surface area contributed by atoms with Crippen molar-refractivity contribution in [3.05, 3.63) is 51.7 Å². The highest BCUT2D eigenvalue weighted by Crippen LogP contribution is 2.27. The largest absolute Gasteiger partial charge is 0.483 e. The lowest BCUT2D eigenvalue weighted by atomic mass is 10.1. The molecule has 0 radical (unpaired) electrons. The molecule has 3 heteroatoms. The summed E-state index contributed by atoms with van der Waals surface area (Å²) in [5, 5.41) is 2.04. The Morgan fingerprint density at radius 3 is 2.71 bits per heavy atom. The van der Waals surface area contributed by atoms with E-state index in [2.05, 4.69) is 32.0 Å². The Kier molecular flexibility index (Phi) is 3.82. The Labute approximate surface area is 106 Å². The molecule has 0 aliphatic rings. The number of nitrogens with two attached hydrogens (primary N) is 1. The van der Waals surface area contributed by atoms with E-state index in [1.807, 2.05) is 17.5 Å². The molecular weight excluding hydrogens is 230 g/mol. The van der Waals surface area contributed by atoms with Crippen molar-refractivity contribution in [2.24, 2.45) is 5.73 Å². The molecule has 90 valence electrons. The SMILES string of the molecule is Cc1ccc(OC(CN)c2cccs2)c(C)c1. The normalized spacial score (nSPS) is 12.4. The van der Waals surface area contributed by atoms with E-state index >= 15 is 0 Å². The smallest absolute Gasteiger partial charge is 0.145 e. The fourth-order valence-corrected chi connectivity index (χ4v) is 2.55. The van der Waals surface area contributed by atoms with Gasteiger partial charge in [-0.1, -0.05) is 23.8 Å². The number of aryl methyl sites for hydroxylation is 2. The average molecular weight is 247 g/mol. The molecule has 0 aliphatic carbocycles. The van der Waals surface area contributed by atoms with E-state index in [-0.39, 0.29) is 6.10 Å². The van der Waals surface area contributed by atoms with Crippen LogP contribution in [0.2, 0.25) is 0 Å². The monoisotopic (exact) mass is 247 g/mol. The zero-order valence-electron chi connectivity index (χ0n) is 10.1. The van der Waals surface area contributed by atoms with Gasteiger partial charge in [0.2, 0.25) is 0 Å². The summed E-state index contributed by atoms with van der Waals surface area (Å²) in [4.78, 5) is 1.17. The first-order valence-corrected chi connectivity index (χ1v) is 6.56. The van der Waals surface area contributed by atoms with Crippen molar-refractivity contribution in [3.63, 3.8) is 0 Å². The van der Waals surface area contributed by atoms with Crippen molar-refractivity contribution < 1.29 is 4.74 Å². The van der Waals surface area contributed by atoms with Crippen LogP contribution >= 0.6 is 11.3 Å². The second kappa shape index (κ2) is 5.34. The van der Waals surface area contributed by atoms with E-state index in [4.69, 9.17) is 10.5 Å². The molecule has 0 amide bonds. The Bertz CT molecular complexity index is 479. The van der Waals surface area contributed by atoms with Gasteiger partial charge in [0.15, 0.2) is 0 Å². The van der Waals surface area contributed by atoms with Crippen LogP contribution in [-0.2, 0) is 0 Å². The van der Waals surface area contributed by atoms with Gasteiger partial charge in [0.1, 0.15) is 11.9 Å². The molecule has 0 saturated heterocycles. The summed E-state index contributed by atoms with van der Waals surface area (Å²) in [6.07, 6.45) is -0.0450. The minimum absolute atomic E-state index is 0.0450. The van der Waals surface area contributed by atoms with Crippen molar-refractivity contribution >= 4 is 11.3 Å². The zero-order valence-corrected chi connectivity index (χ0v) is 11.0. The molecule has 1 atom stereocenters. The van der Waals surface area contributed by atoms with Crippen LogP contribution < -0.4 is 10.5 Å². The maximum absolute atomic E-state index is 5.98. The molecule has 0 fully saturated rings. The number of benzene rings is 1. The Morgan fingerprint density at radius 2 is 2.12 bits per heavy atom. The third kappa shape index (κ3) is 2.87. The van der Waals surface area contributed by atoms with Crippen molar-refractivity contribution in [2.45, 2.75) is 20.0 Å². The van der Waals surface area contributed by atoms with Gasteiger partial charge < -0.3 is 10.5 Å². The van der Waals surface area contributed by atoms with Crippen LogP contribution in [0.4, 0.5) is 0 Å². The molecule has 2 rings (SSSR count). The lowest BCUT2D eigenvalue weighted by Gasteiger charge is -2.17. The molecule has 0 saturated carbocycles. The third-order valence-corrected chi connectivity index (χ3v) is 3.64. The number of thiophene rings is 1. The maximum Gasteiger partial charge on any atom is 0.145 e. The van der Waals surface area contributed by atoms with Crippen molar-refractivity contribution in [3.8, 4) is 5.75 Å². The number of hydrogen-bond acceptors (Lipinski definition) is 3. The van der Waals surface area contributed by atoms with Crippen molar-refractivity contribution in [2.75, 3.05) is 6.54 Å². The second-order valence-electron chi connectivity index (χ2n) is 4.13. The van der Waals surface area contributed by atoms with Gasteiger partial charge in [-0.15, -0.1) is 11.3 Å². The standard InChI is InChI=1S/C14H17NOS/c1-10-5-6-12(11(2)8-10)16-13(9-15)14-4-3-7-17-14/h3-8,13H,9,15H2,1-2H3. The number of hydrogen-bond donors (Lipinski definition) is 1. The molecule has 1 heterocycles. The third-order valence-electron chi connectivity index (χ3n) is 2.67. The zero-order chi connectivity index (χ0) is 12.3. The highest BCUT2D eigenvalue weighted by molar-refractivity contribution is 7.10. The summed E-state index contributed by atoms with van der Waals surface area (Å²) < 4.78 is 5.98. The van der Waals surface area contributed by atoms with Crippen LogP contribution in [0.15, 0.2) is 35.7 Å². The van der Waals surface area contributed by atoms with Gasteiger partial charge in [-0.05, 0) is 36.9 Å². The number of rotatable bonds is 4. The molecule has 17 heavy (non-hydrogen) atoms.